The molecule has 3 nitrogen and oxygen atoms in total. The van der Waals surface area contributed by atoms with Crippen LogP contribution in [0.1, 0.15) is 5.69 Å². The molecule has 0 fully saturated rings. The Bertz CT molecular complexity index is 404. The van der Waals surface area contributed by atoms with Crippen LogP contribution in [-0.2, 0) is 3.79 Å². The van der Waals surface area contributed by atoms with Crippen molar-refractivity contribution < 1.29 is 9.47 Å². The van der Waals surface area contributed by atoms with Crippen molar-refractivity contribution in [2.24, 2.45) is 0 Å². The van der Waals surface area contributed by atoms with Gasteiger partial charge in [0, 0.05) is 0 Å². The third kappa shape index (κ3) is 2.71. The average Bonchev–Trinajstić information content (AvgIpc) is 2.17. The summed E-state index contributed by atoms with van der Waals surface area (Å²) in [5, 5.41) is 0.154. The number of rotatable bonds is 2. The number of methoxy groups -OCH3 is 2. The van der Waals surface area contributed by atoms with Crippen LogP contribution in [0.5, 0.6) is 11.6 Å². The van der Waals surface area contributed by atoms with Gasteiger partial charge in [0.05, 0.1) is 14.2 Å². The van der Waals surface area contributed by atoms with Crippen molar-refractivity contribution in [3.05, 3.63) is 15.7 Å². The molecule has 0 aliphatic carbocycles. The van der Waals surface area contributed by atoms with E-state index >= 15 is 0 Å². The van der Waals surface area contributed by atoms with E-state index in [1.54, 1.807) is 0 Å². The first-order valence-corrected chi connectivity index (χ1v) is 5.76. The largest absolute Gasteiger partial charge is 0.493 e. The number of hydrogen-bond donors (Lipinski definition) is 0. The lowest BCUT2D eigenvalue weighted by molar-refractivity contribution is 0.381. The Hall–Kier alpha value is 0.200. The highest BCUT2D eigenvalue weighted by molar-refractivity contribution is 6.67. The second-order valence-corrected chi connectivity index (χ2v) is 5.67. The maximum Gasteiger partial charge on any atom is 0.236 e. The molecule has 0 radical (unpaired) electrons. The van der Waals surface area contributed by atoms with Crippen molar-refractivity contribution in [3.8, 4) is 11.6 Å². The Morgan fingerprint density at radius 3 is 1.94 bits per heavy atom. The molecule has 0 atom stereocenters. The molecule has 8 heteroatoms. The van der Waals surface area contributed by atoms with Gasteiger partial charge in [-0.25, -0.2) is 4.98 Å². The summed E-state index contributed by atoms with van der Waals surface area (Å²) in [6.45, 7) is 0. The summed E-state index contributed by atoms with van der Waals surface area (Å²) >= 11 is 29.0. The van der Waals surface area contributed by atoms with Crippen molar-refractivity contribution >= 4 is 58.0 Å². The molecule has 0 bridgehead atoms. The molecular formula is C8H6Cl5NO2. The predicted octanol–water partition coefficient (Wildman–Crippen LogP) is 4.23. The van der Waals surface area contributed by atoms with Gasteiger partial charge in [-0.1, -0.05) is 58.0 Å². The van der Waals surface area contributed by atoms with Crippen molar-refractivity contribution in [2.45, 2.75) is 3.79 Å². The van der Waals surface area contributed by atoms with Crippen LogP contribution >= 0.6 is 58.0 Å². The van der Waals surface area contributed by atoms with Gasteiger partial charge in [-0.15, -0.1) is 0 Å². The summed E-state index contributed by atoms with van der Waals surface area (Å²) in [4.78, 5) is 3.91. The van der Waals surface area contributed by atoms with E-state index in [4.69, 9.17) is 67.5 Å². The SMILES string of the molecule is COc1nc(C(Cl)(Cl)Cl)c(Cl)c(OC)c1Cl. The fourth-order valence-corrected chi connectivity index (χ4v) is 2.25. The minimum atomic E-state index is -1.79. The molecular weight excluding hydrogens is 319 g/mol. The van der Waals surface area contributed by atoms with E-state index in [9.17, 15) is 0 Å². The van der Waals surface area contributed by atoms with Crippen LogP contribution in [-0.4, -0.2) is 19.2 Å². The maximum absolute atomic E-state index is 5.95. The van der Waals surface area contributed by atoms with Gasteiger partial charge >= 0.3 is 0 Å². The Balaban J connectivity index is 3.53. The summed E-state index contributed by atoms with van der Waals surface area (Å²) in [5.74, 6) is 0.223. The van der Waals surface area contributed by atoms with Crippen molar-refractivity contribution in [1.29, 1.82) is 0 Å². The highest BCUT2D eigenvalue weighted by Crippen LogP contribution is 2.48. The molecule has 1 rings (SSSR count). The smallest absolute Gasteiger partial charge is 0.236 e. The van der Waals surface area contributed by atoms with Crippen molar-refractivity contribution in [2.75, 3.05) is 14.2 Å². The molecule has 16 heavy (non-hydrogen) atoms. The van der Waals surface area contributed by atoms with E-state index in [0.717, 1.165) is 0 Å². The normalized spacial score (nSPS) is 11.4. The number of nitrogens with zero attached hydrogens (tertiary/aromatic N) is 1. The Morgan fingerprint density at radius 2 is 1.56 bits per heavy atom. The van der Waals surface area contributed by atoms with Gasteiger partial charge in [-0.2, -0.15) is 0 Å². The molecule has 1 aromatic heterocycles. The third-order valence-corrected chi connectivity index (χ3v) is 2.89. The zero-order valence-corrected chi connectivity index (χ0v) is 11.9. The summed E-state index contributed by atoms with van der Waals surface area (Å²) in [6, 6.07) is 0. The highest BCUT2D eigenvalue weighted by Gasteiger charge is 2.32. The van der Waals surface area contributed by atoms with Crippen LogP contribution in [0.4, 0.5) is 0 Å². The summed E-state index contributed by atoms with van der Waals surface area (Å²) in [7, 11) is 2.76. The molecule has 0 spiro atoms. The number of aromatic nitrogens is 1. The van der Waals surface area contributed by atoms with Crippen LogP contribution in [0, 0.1) is 0 Å². The molecule has 90 valence electrons. The molecule has 0 N–H and O–H groups in total. The van der Waals surface area contributed by atoms with Crippen LogP contribution in [0.2, 0.25) is 10.0 Å². The lowest BCUT2D eigenvalue weighted by Gasteiger charge is -2.17. The Kier molecular flexibility index (Phi) is 4.66. The summed E-state index contributed by atoms with van der Waals surface area (Å²) < 4.78 is 8.13. The number of pyridine rings is 1. The van der Waals surface area contributed by atoms with Gasteiger partial charge in [0.2, 0.25) is 9.67 Å². The van der Waals surface area contributed by atoms with Crippen LogP contribution in [0.3, 0.4) is 0 Å². The predicted molar refractivity (Wildman–Crippen MR) is 66.6 cm³/mol. The van der Waals surface area contributed by atoms with E-state index in [-0.39, 0.29) is 27.4 Å². The molecule has 0 saturated carbocycles. The molecule has 0 aliphatic rings. The fraction of sp³-hybridized carbons (Fsp3) is 0.375. The number of halogens is 5. The first-order chi connectivity index (χ1) is 7.32. The van der Waals surface area contributed by atoms with Gasteiger partial charge in [0.25, 0.3) is 0 Å². The zero-order valence-electron chi connectivity index (χ0n) is 8.15. The minimum absolute atomic E-state index is 0.00253. The quantitative estimate of drug-likeness (QED) is 0.763. The lowest BCUT2D eigenvalue weighted by atomic mass is 10.3. The van der Waals surface area contributed by atoms with Crippen molar-refractivity contribution in [1.82, 2.24) is 4.98 Å². The molecule has 0 aromatic carbocycles. The Morgan fingerprint density at radius 1 is 1.00 bits per heavy atom. The standard InChI is InChI=1S/C8H6Cl5NO2/c1-15-5-3(9)6(8(11,12)13)14-7(16-2)4(5)10/h1-2H3. The van der Waals surface area contributed by atoms with E-state index in [0.29, 0.717) is 0 Å². The number of alkyl halides is 3. The monoisotopic (exact) mass is 323 g/mol. The highest BCUT2D eigenvalue weighted by atomic mass is 35.6. The van der Waals surface area contributed by atoms with Gasteiger partial charge in [-0.05, 0) is 0 Å². The summed E-state index contributed by atoms with van der Waals surface area (Å²) in [6.07, 6.45) is 0. The fourth-order valence-electron chi connectivity index (χ4n) is 1.00. The first kappa shape index (κ1) is 14.3. The number of ether oxygens (including phenoxy) is 2. The average molecular weight is 325 g/mol. The molecule has 0 saturated heterocycles. The van der Waals surface area contributed by atoms with Gasteiger partial charge < -0.3 is 9.47 Å². The molecule has 0 amide bonds. The zero-order chi connectivity index (χ0) is 12.5. The van der Waals surface area contributed by atoms with E-state index in [1.165, 1.54) is 14.2 Å². The van der Waals surface area contributed by atoms with Gasteiger partial charge in [0.15, 0.2) is 5.75 Å². The second-order valence-electron chi connectivity index (χ2n) is 2.63. The Labute approximate surface area is 117 Å². The van der Waals surface area contributed by atoms with E-state index < -0.39 is 3.79 Å². The molecule has 0 unspecified atom stereocenters. The minimum Gasteiger partial charge on any atom is -0.493 e. The van der Waals surface area contributed by atoms with Crippen LogP contribution in [0.25, 0.3) is 0 Å². The number of hydrogen-bond acceptors (Lipinski definition) is 3. The van der Waals surface area contributed by atoms with Crippen LogP contribution in [0.15, 0.2) is 0 Å². The molecule has 0 aliphatic heterocycles. The first-order valence-electron chi connectivity index (χ1n) is 3.87. The van der Waals surface area contributed by atoms with Gasteiger partial charge in [-0.3, -0.25) is 0 Å². The molecule has 1 aromatic rings. The van der Waals surface area contributed by atoms with Crippen molar-refractivity contribution in [3.63, 3.8) is 0 Å². The topological polar surface area (TPSA) is 31.4 Å². The summed E-state index contributed by atoms with van der Waals surface area (Å²) in [5.41, 5.74) is -0.00253. The van der Waals surface area contributed by atoms with E-state index in [1.807, 2.05) is 0 Å². The second kappa shape index (κ2) is 5.23. The lowest BCUT2D eigenvalue weighted by Crippen LogP contribution is -2.08. The van der Waals surface area contributed by atoms with E-state index in [2.05, 4.69) is 4.98 Å². The third-order valence-electron chi connectivity index (χ3n) is 1.67. The maximum atomic E-state index is 5.95. The van der Waals surface area contributed by atoms with Gasteiger partial charge in [0.1, 0.15) is 15.7 Å². The molecule has 1 heterocycles. The van der Waals surface area contributed by atoms with Crippen LogP contribution < -0.4 is 9.47 Å².